The van der Waals surface area contributed by atoms with Gasteiger partial charge in [0.2, 0.25) is 0 Å². The van der Waals surface area contributed by atoms with Gasteiger partial charge in [-0.25, -0.2) is 0 Å². The molecule has 1 heterocycles. The number of aryl methyl sites for hydroxylation is 2. The van der Waals surface area contributed by atoms with Crippen molar-refractivity contribution in [2.75, 3.05) is 25.6 Å². The minimum absolute atomic E-state index is 0.672. The van der Waals surface area contributed by atoms with Crippen molar-refractivity contribution in [3.05, 3.63) is 35.4 Å². The van der Waals surface area contributed by atoms with E-state index in [-0.39, 0.29) is 0 Å². The SMILES string of the molecule is COCCNc1cc(-c2cc(C)cc(C)c2)[nH]n1. The van der Waals surface area contributed by atoms with Crippen molar-refractivity contribution in [3.8, 4) is 11.3 Å². The fraction of sp³-hybridized carbons (Fsp3) is 0.357. The molecule has 0 spiro atoms. The standard InChI is InChI=1S/C14H19N3O/c1-10-6-11(2)8-12(7-10)13-9-14(17-16-13)15-4-5-18-3/h6-9H,4-5H2,1-3H3,(H2,15,16,17). The summed E-state index contributed by atoms with van der Waals surface area (Å²) in [4.78, 5) is 0. The molecule has 0 aliphatic heterocycles. The second-order valence-electron chi connectivity index (χ2n) is 4.46. The summed E-state index contributed by atoms with van der Waals surface area (Å²) in [5.74, 6) is 0.848. The van der Waals surface area contributed by atoms with Crippen molar-refractivity contribution in [2.24, 2.45) is 0 Å². The molecule has 0 saturated heterocycles. The number of hydrogen-bond donors (Lipinski definition) is 2. The highest BCUT2D eigenvalue weighted by molar-refractivity contribution is 5.64. The van der Waals surface area contributed by atoms with Gasteiger partial charge in [0.1, 0.15) is 5.82 Å². The lowest BCUT2D eigenvalue weighted by Crippen LogP contribution is -2.07. The molecule has 0 saturated carbocycles. The van der Waals surface area contributed by atoms with E-state index in [1.807, 2.05) is 6.07 Å². The molecule has 0 aliphatic carbocycles. The number of H-pyrrole nitrogens is 1. The molecule has 1 aromatic carbocycles. The van der Waals surface area contributed by atoms with E-state index in [0.717, 1.165) is 18.1 Å². The van der Waals surface area contributed by atoms with Crippen LogP contribution in [0.5, 0.6) is 0 Å². The van der Waals surface area contributed by atoms with Gasteiger partial charge in [-0.05, 0) is 26.0 Å². The van der Waals surface area contributed by atoms with Crippen molar-refractivity contribution in [2.45, 2.75) is 13.8 Å². The van der Waals surface area contributed by atoms with E-state index in [1.54, 1.807) is 7.11 Å². The highest BCUT2D eigenvalue weighted by Crippen LogP contribution is 2.22. The molecule has 4 heteroatoms. The maximum Gasteiger partial charge on any atom is 0.148 e. The highest BCUT2D eigenvalue weighted by Gasteiger charge is 2.04. The molecule has 0 atom stereocenters. The predicted molar refractivity (Wildman–Crippen MR) is 73.9 cm³/mol. The van der Waals surface area contributed by atoms with Crippen LogP contribution >= 0.6 is 0 Å². The van der Waals surface area contributed by atoms with Crippen molar-refractivity contribution in [1.82, 2.24) is 10.2 Å². The van der Waals surface area contributed by atoms with Gasteiger partial charge in [0.15, 0.2) is 0 Å². The number of anilines is 1. The van der Waals surface area contributed by atoms with E-state index in [4.69, 9.17) is 4.74 Å². The second-order valence-corrected chi connectivity index (χ2v) is 4.46. The van der Waals surface area contributed by atoms with Crippen LogP contribution in [-0.4, -0.2) is 30.5 Å². The van der Waals surface area contributed by atoms with Gasteiger partial charge in [-0.2, -0.15) is 5.10 Å². The zero-order valence-corrected chi connectivity index (χ0v) is 11.1. The maximum absolute atomic E-state index is 4.99. The Labute approximate surface area is 107 Å². The first-order valence-corrected chi connectivity index (χ1v) is 6.06. The Balaban J connectivity index is 2.13. The fourth-order valence-corrected chi connectivity index (χ4v) is 1.97. The third-order valence-electron chi connectivity index (χ3n) is 2.72. The van der Waals surface area contributed by atoms with Gasteiger partial charge in [0.05, 0.1) is 12.3 Å². The monoisotopic (exact) mass is 245 g/mol. The summed E-state index contributed by atoms with van der Waals surface area (Å²) in [6, 6.07) is 8.49. The van der Waals surface area contributed by atoms with Crippen LogP contribution in [0.1, 0.15) is 11.1 Å². The lowest BCUT2D eigenvalue weighted by molar-refractivity contribution is 0.210. The lowest BCUT2D eigenvalue weighted by atomic mass is 10.1. The Morgan fingerprint density at radius 1 is 1.17 bits per heavy atom. The number of nitrogens with zero attached hydrogens (tertiary/aromatic N) is 1. The van der Waals surface area contributed by atoms with Crippen molar-refractivity contribution >= 4 is 5.82 Å². The largest absolute Gasteiger partial charge is 0.383 e. The zero-order valence-electron chi connectivity index (χ0n) is 11.1. The first-order valence-electron chi connectivity index (χ1n) is 6.06. The van der Waals surface area contributed by atoms with Crippen LogP contribution in [0.3, 0.4) is 0 Å². The molecule has 96 valence electrons. The Hall–Kier alpha value is -1.81. The number of methoxy groups -OCH3 is 1. The summed E-state index contributed by atoms with van der Waals surface area (Å²) < 4.78 is 4.99. The summed E-state index contributed by atoms with van der Waals surface area (Å²) in [6.45, 7) is 5.63. The third-order valence-corrected chi connectivity index (χ3v) is 2.72. The predicted octanol–water partition coefficient (Wildman–Crippen LogP) is 2.75. The lowest BCUT2D eigenvalue weighted by Gasteiger charge is -2.02. The van der Waals surface area contributed by atoms with Gasteiger partial charge >= 0.3 is 0 Å². The quantitative estimate of drug-likeness (QED) is 0.796. The number of hydrogen-bond acceptors (Lipinski definition) is 3. The summed E-state index contributed by atoms with van der Waals surface area (Å²) in [7, 11) is 1.69. The van der Waals surface area contributed by atoms with Crippen LogP contribution in [0.2, 0.25) is 0 Å². The van der Waals surface area contributed by atoms with Crippen LogP contribution in [0.15, 0.2) is 24.3 Å². The van der Waals surface area contributed by atoms with Crippen molar-refractivity contribution in [3.63, 3.8) is 0 Å². The zero-order chi connectivity index (χ0) is 13.0. The number of rotatable bonds is 5. The second kappa shape index (κ2) is 5.69. The molecule has 0 bridgehead atoms. The summed E-state index contributed by atoms with van der Waals surface area (Å²) in [5, 5.41) is 10.5. The van der Waals surface area contributed by atoms with Gasteiger partial charge in [-0.15, -0.1) is 0 Å². The van der Waals surface area contributed by atoms with Crippen LogP contribution in [0, 0.1) is 13.8 Å². The number of benzene rings is 1. The fourth-order valence-electron chi connectivity index (χ4n) is 1.97. The first kappa shape index (κ1) is 12.6. The average Bonchev–Trinajstić information content (AvgIpc) is 2.77. The minimum Gasteiger partial charge on any atom is -0.383 e. The molecule has 2 rings (SSSR count). The molecule has 0 fully saturated rings. The number of aromatic amines is 1. The normalized spacial score (nSPS) is 10.6. The highest BCUT2D eigenvalue weighted by atomic mass is 16.5. The maximum atomic E-state index is 4.99. The molecule has 2 aromatic rings. The molecule has 0 unspecified atom stereocenters. The minimum atomic E-state index is 0.672. The number of aromatic nitrogens is 2. The van der Waals surface area contributed by atoms with Gasteiger partial charge in [0.25, 0.3) is 0 Å². The molecular weight excluding hydrogens is 226 g/mol. The van der Waals surface area contributed by atoms with Crippen LogP contribution in [0.25, 0.3) is 11.3 Å². The van der Waals surface area contributed by atoms with E-state index < -0.39 is 0 Å². The van der Waals surface area contributed by atoms with Gasteiger partial charge < -0.3 is 10.1 Å². The number of ether oxygens (including phenoxy) is 1. The Morgan fingerprint density at radius 3 is 2.56 bits per heavy atom. The van der Waals surface area contributed by atoms with E-state index in [2.05, 4.69) is 47.6 Å². The smallest absolute Gasteiger partial charge is 0.148 e. The molecule has 2 N–H and O–H groups in total. The van der Waals surface area contributed by atoms with E-state index in [9.17, 15) is 0 Å². The molecule has 1 aromatic heterocycles. The Kier molecular flexibility index (Phi) is 3.99. The van der Waals surface area contributed by atoms with Gasteiger partial charge in [0, 0.05) is 25.3 Å². The van der Waals surface area contributed by atoms with Crippen LogP contribution in [0.4, 0.5) is 5.82 Å². The molecule has 0 amide bonds. The molecule has 18 heavy (non-hydrogen) atoms. The number of nitrogens with one attached hydrogen (secondary N) is 2. The topological polar surface area (TPSA) is 49.9 Å². The van der Waals surface area contributed by atoms with E-state index in [0.29, 0.717) is 6.61 Å². The molecule has 4 nitrogen and oxygen atoms in total. The summed E-state index contributed by atoms with van der Waals surface area (Å²) in [6.07, 6.45) is 0. The Bertz CT molecular complexity index is 499. The van der Waals surface area contributed by atoms with E-state index >= 15 is 0 Å². The average molecular weight is 245 g/mol. The summed E-state index contributed by atoms with van der Waals surface area (Å²) in [5.41, 5.74) is 4.71. The Morgan fingerprint density at radius 2 is 1.89 bits per heavy atom. The van der Waals surface area contributed by atoms with Gasteiger partial charge in [-0.1, -0.05) is 17.2 Å². The molecule has 0 aliphatic rings. The van der Waals surface area contributed by atoms with Crippen molar-refractivity contribution in [1.29, 1.82) is 0 Å². The molecule has 0 radical (unpaired) electrons. The van der Waals surface area contributed by atoms with E-state index in [1.165, 1.54) is 16.7 Å². The van der Waals surface area contributed by atoms with Crippen molar-refractivity contribution < 1.29 is 4.74 Å². The first-order chi connectivity index (χ1) is 8.69. The third kappa shape index (κ3) is 3.11. The summed E-state index contributed by atoms with van der Waals surface area (Å²) >= 11 is 0. The van der Waals surface area contributed by atoms with Crippen LogP contribution in [-0.2, 0) is 4.74 Å². The van der Waals surface area contributed by atoms with Crippen LogP contribution < -0.4 is 5.32 Å². The van der Waals surface area contributed by atoms with Gasteiger partial charge in [-0.3, -0.25) is 5.10 Å². The molecular formula is C14H19N3O.